The zero-order valence-electron chi connectivity index (χ0n) is 10.7. The molecule has 0 spiro atoms. The molecule has 0 saturated carbocycles. The second-order valence-electron chi connectivity index (χ2n) is 4.86. The van der Waals surface area contributed by atoms with Gasteiger partial charge >= 0.3 is 0 Å². The third-order valence-electron chi connectivity index (χ3n) is 3.55. The van der Waals surface area contributed by atoms with Crippen molar-refractivity contribution in [2.45, 2.75) is 51.5 Å². The van der Waals surface area contributed by atoms with Crippen molar-refractivity contribution >= 4 is 17.4 Å². The van der Waals surface area contributed by atoms with E-state index in [1.807, 2.05) is 6.92 Å². The van der Waals surface area contributed by atoms with Crippen LogP contribution in [0.5, 0.6) is 0 Å². The van der Waals surface area contributed by atoms with E-state index >= 15 is 0 Å². The van der Waals surface area contributed by atoms with Gasteiger partial charge in [-0.05, 0) is 50.3 Å². The fraction of sp³-hybridized carbons (Fsp3) is 0.643. The van der Waals surface area contributed by atoms with Crippen LogP contribution in [0.25, 0.3) is 0 Å². The van der Waals surface area contributed by atoms with Crippen LogP contribution >= 0.6 is 11.6 Å². The first-order chi connectivity index (χ1) is 8.24. The van der Waals surface area contributed by atoms with Crippen LogP contribution in [0.2, 0.25) is 0 Å². The first kappa shape index (κ1) is 12.7. The Morgan fingerprint density at radius 2 is 2.24 bits per heavy atom. The lowest BCUT2D eigenvalue weighted by Crippen LogP contribution is -2.39. The van der Waals surface area contributed by atoms with Crippen LogP contribution in [0.3, 0.4) is 0 Å². The van der Waals surface area contributed by atoms with Gasteiger partial charge in [0.15, 0.2) is 0 Å². The molecule has 1 aromatic heterocycles. The van der Waals surface area contributed by atoms with Gasteiger partial charge in [0, 0.05) is 24.2 Å². The summed E-state index contributed by atoms with van der Waals surface area (Å²) in [6.07, 6.45) is 5.12. The van der Waals surface area contributed by atoms with Crippen molar-refractivity contribution in [2.75, 3.05) is 11.4 Å². The lowest BCUT2D eigenvalue weighted by molar-refractivity contribution is 0.446. The van der Waals surface area contributed by atoms with Gasteiger partial charge in [-0.2, -0.15) is 0 Å². The van der Waals surface area contributed by atoms with Crippen molar-refractivity contribution in [1.82, 2.24) is 4.98 Å². The van der Waals surface area contributed by atoms with Crippen molar-refractivity contribution in [3.63, 3.8) is 0 Å². The van der Waals surface area contributed by atoms with Crippen LogP contribution in [0, 0.1) is 6.92 Å². The lowest BCUT2D eigenvalue weighted by atomic mass is 10.00. The van der Waals surface area contributed by atoms with Crippen LogP contribution < -0.4 is 4.90 Å². The molecular weight excluding hydrogens is 232 g/mol. The number of alkyl halides is 1. The predicted octanol–water partition coefficient (Wildman–Crippen LogP) is 3.90. The van der Waals surface area contributed by atoms with Gasteiger partial charge in [0.1, 0.15) is 5.82 Å². The largest absolute Gasteiger partial charge is 0.354 e. The average molecular weight is 253 g/mol. The summed E-state index contributed by atoms with van der Waals surface area (Å²) in [7, 11) is 0. The lowest BCUT2D eigenvalue weighted by Gasteiger charge is -2.36. The molecule has 1 aliphatic heterocycles. The fourth-order valence-corrected chi connectivity index (χ4v) is 2.83. The minimum absolute atomic E-state index is 0.570. The summed E-state index contributed by atoms with van der Waals surface area (Å²) in [6.45, 7) is 5.45. The van der Waals surface area contributed by atoms with E-state index < -0.39 is 0 Å². The summed E-state index contributed by atoms with van der Waals surface area (Å²) in [5.41, 5.74) is 2.24. The third-order valence-corrected chi connectivity index (χ3v) is 3.86. The van der Waals surface area contributed by atoms with Crippen molar-refractivity contribution in [3.8, 4) is 0 Å². The standard InChI is InChI=1S/C14H21ClN2/c1-3-13-6-4-5-7-17(13)14-9-12(10-15)8-11(2)16-14/h8-9,13H,3-7,10H2,1-2H3. The van der Waals surface area contributed by atoms with E-state index in [0.29, 0.717) is 11.9 Å². The SMILES string of the molecule is CCC1CCCCN1c1cc(CCl)cc(C)n1. The highest BCUT2D eigenvalue weighted by molar-refractivity contribution is 6.17. The Bertz CT molecular complexity index is 378. The molecule has 0 amide bonds. The van der Waals surface area contributed by atoms with Crippen LogP contribution in [-0.2, 0) is 5.88 Å². The molecule has 0 N–H and O–H groups in total. The molecule has 2 rings (SSSR count). The van der Waals surface area contributed by atoms with Gasteiger partial charge in [0.05, 0.1) is 0 Å². The van der Waals surface area contributed by atoms with Gasteiger partial charge in [-0.15, -0.1) is 11.6 Å². The Balaban J connectivity index is 2.27. The zero-order chi connectivity index (χ0) is 12.3. The number of anilines is 1. The number of aryl methyl sites for hydroxylation is 1. The molecule has 1 aromatic rings. The highest BCUT2D eigenvalue weighted by Crippen LogP contribution is 2.26. The van der Waals surface area contributed by atoms with Crippen LogP contribution in [-0.4, -0.2) is 17.6 Å². The van der Waals surface area contributed by atoms with Crippen LogP contribution in [0.15, 0.2) is 12.1 Å². The highest BCUT2D eigenvalue weighted by atomic mass is 35.5. The third kappa shape index (κ3) is 2.92. The number of halogens is 1. The first-order valence-corrected chi connectivity index (χ1v) is 7.08. The van der Waals surface area contributed by atoms with Crippen molar-refractivity contribution < 1.29 is 0 Å². The maximum atomic E-state index is 5.93. The zero-order valence-corrected chi connectivity index (χ0v) is 11.5. The van der Waals surface area contributed by atoms with Gasteiger partial charge in [-0.3, -0.25) is 0 Å². The van der Waals surface area contributed by atoms with Gasteiger partial charge in [0.2, 0.25) is 0 Å². The van der Waals surface area contributed by atoms with Gasteiger partial charge in [-0.1, -0.05) is 6.92 Å². The van der Waals surface area contributed by atoms with Gasteiger partial charge in [-0.25, -0.2) is 4.98 Å². The summed E-state index contributed by atoms with van der Waals surface area (Å²) in [5.74, 6) is 1.69. The molecule has 0 radical (unpaired) electrons. The smallest absolute Gasteiger partial charge is 0.129 e. The maximum Gasteiger partial charge on any atom is 0.129 e. The van der Waals surface area contributed by atoms with Crippen LogP contribution in [0.1, 0.15) is 43.9 Å². The minimum Gasteiger partial charge on any atom is -0.354 e. The molecule has 0 bridgehead atoms. The average Bonchev–Trinajstić information content (AvgIpc) is 2.37. The summed E-state index contributed by atoms with van der Waals surface area (Å²) >= 11 is 5.93. The van der Waals surface area contributed by atoms with E-state index in [9.17, 15) is 0 Å². The Kier molecular flexibility index (Phi) is 4.27. The van der Waals surface area contributed by atoms with Crippen LogP contribution in [0.4, 0.5) is 5.82 Å². The second kappa shape index (κ2) is 5.72. The van der Waals surface area contributed by atoms with E-state index in [1.165, 1.54) is 31.2 Å². The molecule has 0 aromatic carbocycles. The number of piperidine rings is 1. The Morgan fingerprint density at radius 3 is 2.94 bits per heavy atom. The quantitative estimate of drug-likeness (QED) is 0.759. The number of hydrogen-bond acceptors (Lipinski definition) is 2. The summed E-state index contributed by atoms with van der Waals surface area (Å²) in [4.78, 5) is 7.14. The number of nitrogens with zero attached hydrogens (tertiary/aromatic N) is 2. The van der Waals surface area contributed by atoms with Crippen molar-refractivity contribution in [3.05, 3.63) is 23.4 Å². The summed E-state index contributed by atoms with van der Waals surface area (Å²) in [5, 5.41) is 0. The molecule has 1 atom stereocenters. The molecule has 17 heavy (non-hydrogen) atoms. The molecular formula is C14H21ClN2. The van der Waals surface area contributed by atoms with E-state index in [2.05, 4.69) is 28.9 Å². The molecule has 94 valence electrons. The molecule has 3 heteroatoms. The second-order valence-corrected chi connectivity index (χ2v) is 5.13. The molecule has 2 heterocycles. The molecule has 2 nitrogen and oxygen atoms in total. The number of hydrogen-bond donors (Lipinski definition) is 0. The Labute approximate surface area is 109 Å². The monoisotopic (exact) mass is 252 g/mol. The van der Waals surface area contributed by atoms with E-state index in [-0.39, 0.29) is 0 Å². The first-order valence-electron chi connectivity index (χ1n) is 6.54. The predicted molar refractivity (Wildman–Crippen MR) is 73.8 cm³/mol. The maximum absolute atomic E-state index is 5.93. The Hall–Kier alpha value is -0.760. The normalized spacial score (nSPS) is 20.6. The molecule has 1 unspecified atom stereocenters. The van der Waals surface area contributed by atoms with E-state index in [1.54, 1.807) is 0 Å². The summed E-state index contributed by atoms with van der Waals surface area (Å²) in [6, 6.07) is 4.87. The highest BCUT2D eigenvalue weighted by Gasteiger charge is 2.22. The number of rotatable bonds is 3. The molecule has 0 aliphatic carbocycles. The van der Waals surface area contributed by atoms with Crippen molar-refractivity contribution in [1.29, 1.82) is 0 Å². The Morgan fingerprint density at radius 1 is 1.41 bits per heavy atom. The summed E-state index contributed by atoms with van der Waals surface area (Å²) < 4.78 is 0. The molecule has 1 saturated heterocycles. The fourth-order valence-electron chi connectivity index (χ4n) is 2.67. The van der Waals surface area contributed by atoms with Crippen molar-refractivity contribution in [2.24, 2.45) is 0 Å². The van der Waals surface area contributed by atoms with Gasteiger partial charge < -0.3 is 4.90 Å². The topological polar surface area (TPSA) is 16.1 Å². The number of pyridine rings is 1. The number of aromatic nitrogens is 1. The molecule has 1 aliphatic rings. The molecule has 1 fully saturated rings. The van der Waals surface area contributed by atoms with E-state index in [4.69, 9.17) is 11.6 Å². The van der Waals surface area contributed by atoms with Gasteiger partial charge in [0.25, 0.3) is 0 Å². The minimum atomic E-state index is 0.570. The van der Waals surface area contributed by atoms with E-state index in [0.717, 1.165) is 18.1 Å².